The number of amides is 1. The zero-order valence-corrected chi connectivity index (χ0v) is 17.9. The van der Waals surface area contributed by atoms with Crippen molar-refractivity contribution in [1.29, 1.82) is 0 Å². The van der Waals surface area contributed by atoms with E-state index in [0.29, 0.717) is 30.3 Å². The Balaban J connectivity index is 2.01. The number of benzene rings is 2. The standard InChI is InChI=1S/C22H24N2O5S/c1-4-24(5-2)30(26,27)18-12-14-20(29-17-9-7-6-8-10-17)19(15-18)23-22(25)21-13-11-16(3)28-21/h6-15H,4-5H2,1-3H3,(H,23,25). The normalized spacial score (nSPS) is 11.5. The Kier molecular flexibility index (Phi) is 6.59. The maximum atomic E-state index is 12.9. The highest BCUT2D eigenvalue weighted by Crippen LogP contribution is 2.33. The number of ether oxygens (including phenoxy) is 1. The molecule has 0 saturated heterocycles. The van der Waals surface area contributed by atoms with Crippen molar-refractivity contribution in [3.8, 4) is 11.5 Å². The van der Waals surface area contributed by atoms with E-state index in [-0.39, 0.29) is 16.3 Å². The fourth-order valence-corrected chi connectivity index (χ4v) is 4.41. The van der Waals surface area contributed by atoms with Gasteiger partial charge in [0.25, 0.3) is 5.91 Å². The molecule has 2 aromatic carbocycles. The lowest BCUT2D eigenvalue weighted by Gasteiger charge is -2.20. The second kappa shape index (κ2) is 9.15. The summed E-state index contributed by atoms with van der Waals surface area (Å²) in [5, 5.41) is 2.71. The quantitative estimate of drug-likeness (QED) is 0.563. The van der Waals surface area contributed by atoms with Crippen LogP contribution in [0.3, 0.4) is 0 Å². The first-order valence-electron chi connectivity index (χ1n) is 9.60. The number of sulfonamides is 1. The van der Waals surface area contributed by atoms with Crippen LogP contribution in [-0.2, 0) is 10.0 Å². The number of carbonyl (C=O) groups excluding carboxylic acids is 1. The van der Waals surface area contributed by atoms with Crippen LogP contribution in [-0.4, -0.2) is 31.7 Å². The molecule has 0 atom stereocenters. The van der Waals surface area contributed by atoms with Crippen LogP contribution < -0.4 is 10.1 Å². The third-order valence-corrected chi connectivity index (χ3v) is 6.52. The number of hydrogen-bond donors (Lipinski definition) is 1. The van der Waals surface area contributed by atoms with Gasteiger partial charge in [0.15, 0.2) is 11.5 Å². The summed E-state index contributed by atoms with van der Waals surface area (Å²) < 4.78 is 38.5. The van der Waals surface area contributed by atoms with Crippen molar-refractivity contribution in [1.82, 2.24) is 4.31 Å². The Morgan fingerprint density at radius 1 is 1.03 bits per heavy atom. The molecular weight excluding hydrogens is 404 g/mol. The minimum atomic E-state index is -3.71. The Labute approximate surface area is 176 Å². The summed E-state index contributed by atoms with van der Waals surface area (Å²) in [7, 11) is -3.71. The molecule has 0 bridgehead atoms. The van der Waals surface area contributed by atoms with E-state index in [1.165, 1.54) is 22.5 Å². The van der Waals surface area contributed by atoms with Gasteiger partial charge in [0, 0.05) is 13.1 Å². The van der Waals surface area contributed by atoms with E-state index in [1.54, 1.807) is 45.0 Å². The Morgan fingerprint density at radius 3 is 2.33 bits per heavy atom. The Hall–Kier alpha value is -3.10. The number of rotatable bonds is 8. The first-order chi connectivity index (χ1) is 14.3. The minimum absolute atomic E-state index is 0.0672. The van der Waals surface area contributed by atoms with Crippen LogP contribution in [0.5, 0.6) is 11.5 Å². The smallest absolute Gasteiger partial charge is 0.291 e. The Bertz CT molecular complexity index is 1120. The molecule has 8 heteroatoms. The average Bonchev–Trinajstić information content (AvgIpc) is 3.17. The van der Waals surface area contributed by atoms with Crippen molar-refractivity contribution in [2.24, 2.45) is 0 Å². The summed E-state index contributed by atoms with van der Waals surface area (Å²) in [4.78, 5) is 12.7. The average molecular weight is 429 g/mol. The van der Waals surface area contributed by atoms with Crippen LogP contribution in [0.2, 0.25) is 0 Å². The lowest BCUT2D eigenvalue weighted by atomic mass is 10.2. The molecule has 0 unspecified atom stereocenters. The third kappa shape index (κ3) is 4.72. The van der Waals surface area contributed by atoms with Gasteiger partial charge in [-0.3, -0.25) is 4.79 Å². The Morgan fingerprint density at radius 2 is 1.73 bits per heavy atom. The molecular formula is C22H24N2O5S. The van der Waals surface area contributed by atoms with E-state index in [0.717, 1.165) is 0 Å². The fraction of sp³-hybridized carbons (Fsp3) is 0.227. The number of nitrogens with one attached hydrogen (secondary N) is 1. The number of para-hydroxylation sites is 1. The molecule has 0 saturated carbocycles. The van der Waals surface area contributed by atoms with Crippen molar-refractivity contribution < 1.29 is 22.4 Å². The number of hydrogen-bond acceptors (Lipinski definition) is 5. The van der Waals surface area contributed by atoms with Crippen LogP contribution in [0.25, 0.3) is 0 Å². The molecule has 3 aromatic rings. The molecule has 0 aliphatic rings. The molecule has 0 fully saturated rings. The highest BCUT2D eigenvalue weighted by Gasteiger charge is 2.24. The predicted octanol–water partition coefficient (Wildman–Crippen LogP) is 4.66. The van der Waals surface area contributed by atoms with Gasteiger partial charge in [-0.2, -0.15) is 4.31 Å². The molecule has 7 nitrogen and oxygen atoms in total. The van der Waals surface area contributed by atoms with E-state index in [1.807, 2.05) is 18.2 Å². The van der Waals surface area contributed by atoms with E-state index in [4.69, 9.17) is 9.15 Å². The van der Waals surface area contributed by atoms with Gasteiger partial charge in [-0.1, -0.05) is 32.0 Å². The van der Waals surface area contributed by atoms with Crippen LogP contribution in [0, 0.1) is 6.92 Å². The molecule has 1 aromatic heterocycles. The molecule has 0 radical (unpaired) electrons. The molecule has 1 amide bonds. The van der Waals surface area contributed by atoms with Gasteiger partial charge >= 0.3 is 0 Å². The molecule has 3 rings (SSSR count). The molecule has 0 aliphatic carbocycles. The number of carbonyl (C=O) groups is 1. The van der Waals surface area contributed by atoms with Gasteiger partial charge in [-0.05, 0) is 49.4 Å². The molecule has 0 aliphatic heterocycles. The van der Waals surface area contributed by atoms with Crippen LogP contribution in [0.1, 0.15) is 30.2 Å². The fourth-order valence-electron chi connectivity index (χ4n) is 2.92. The zero-order chi connectivity index (χ0) is 21.7. The number of nitrogens with zero attached hydrogens (tertiary/aromatic N) is 1. The summed E-state index contributed by atoms with van der Waals surface area (Å²) >= 11 is 0. The number of furan rings is 1. The third-order valence-electron chi connectivity index (χ3n) is 4.48. The molecule has 1 N–H and O–H groups in total. The lowest BCUT2D eigenvalue weighted by molar-refractivity contribution is 0.0995. The highest BCUT2D eigenvalue weighted by molar-refractivity contribution is 7.89. The second-order valence-corrected chi connectivity index (χ2v) is 8.46. The van der Waals surface area contributed by atoms with E-state index < -0.39 is 15.9 Å². The van der Waals surface area contributed by atoms with Gasteiger partial charge in [-0.15, -0.1) is 0 Å². The van der Waals surface area contributed by atoms with Crippen LogP contribution in [0.15, 0.2) is 70.0 Å². The zero-order valence-electron chi connectivity index (χ0n) is 17.1. The van der Waals surface area contributed by atoms with Crippen molar-refractivity contribution in [3.63, 3.8) is 0 Å². The topological polar surface area (TPSA) is 88.9 Å². The van der Waals surface area contributed by atoms with Crippen molar-refractivity contribution >= 4 is 21.6 Å². The first-order valence-corrected chi connectivity index (χ1v) is 11.0. The van der Waals surface area contributed by atoms with Crippen molar-refractivity contribution in [2.45, 2.75) is 25.7 Å². The van der Waals surface area contributed by atoms with Crippen molar-refractivity contribution in [3.05, 3.63) is 72.2 Å². The minimum Gasteiger partial charge on any atom is -0.456 e. The van der Waals surface area contributed by atoms with E-state index in [9.17, 15) is 13.2 Å². The van der Waals surface area contributed by atoms with E-state index in [2.05, 4.69) is 5.32 Å². The summed E-state index contributed by atoms with van der Waals surface area (Å²) in [6.45, 7) is 5.96. The monoisotopic (exact) mass is 428 g/mol. The molecule has 0 spiro atoms. The second-order valence-electron chi connectivity index (χ2n) is 6.53. The summed E-state index contributed by atoms with van der Waals surface area (Å²) in [5.74, 6) is 1.09. The number of aryl methyl sites for hydroxylation is 1. The molecule has 30 heavy (non-hydrogen) atoms. The highest BCUT2D eigenvalue weighted by atomic mass is 32.2. The SMILES string of the molecule is CCN(CC)S(=O)(=O)c1ccc(Oc2ccccc2)c(NC(=O)c2ccc(C)o2)c1. The summed E-state index contributed by atoms with van der Waals surface area (Å²) in [5.41, 5.74) is 0.228. The summed E-state index contributed by atoms with van der Waals surface area (Å²) in [6.07, 6.45) is 0. The van der Waals surface area contributed by atoms with Gasteiger partial charge in [0.2, 0.25) is 10.0 Å². The maximum Gasteiger partial charge on any atom is 0.291 e. The van der Waals surface area contributed by atoms with Gasteiger partial charge in [0.1, 0.15) is 11.5 Å². The predicted molar refractivity (Wildman–Crippen MR) is 114 cm³/mol. The van der Waals surface area contributed by atoms with Crippen LogP contribution in [0.4, 0.5) is 5.69 Å². The van der Waals surface area contributed by atoms with Crippen molar-refractivity contribution in [2.75, 3.05) is 18.4 Å². The lowest BCUT2D eigenvalue weighted by Crippen LogP contribution is -2.30. The largest absolute Gasteiger partial charge is 0.456 e. The van der Waals surface area contributed by atoms with Gasteiger partial charge < -0.3 is 14.5 Å². The maximum absolute atomic E-state index is 12.9. The van der Waals surface area contributed by atoms with E-state index >= 15 is 0 Å². The van der Waals surface area contributed by atoms with Gasteiger partial charge in [0.05, 0.1) is 10.6 Å². The first kappa shape index (κ1) is 21.6. The molecule has 1 heterocycles. The van der Waals surface area contributed by atoms with Crippen LogP contribution >= 0.6 is 0 Å². The molecule has 158 valence electrons. The number of anilines is 1. The van der Waals surface area contributed by atoms with Gasteiger partial charge in [-0.25, -0.2) is 8.42 Å². The summed E-state index contributed by atoms with van der Waals surface area (Å²) in [6, 6.07) is 16.7.